The van der Waals surface area contributed by atoms with E-state index in [1.807, 2.05) is 12.1 Å². The van der Waals surface area contributed by atoms with E-state index in [2.05, 4.69) is 29.4 Å². The molecule has 0 radical (unpaired) electrons. The van der Waals surface area contributed by atoms with Gasteiger partial charge in [0.1, 0.15) is 0 Å². The lowest BCUT2D eigenvalue weighted by molar-refractivity contribution is 0.0912. The second-order valence-electron chi connectivity index (χ2n) is 7.85. The highest BCUT2D eigenvalue weighted by molar-refractivity contribution is 6.30. The Kier molecular flexibility index (Phi) is 8.04. The number of carbonyl (C=O) groups is 1. The molecular weight excluding hydrogens is 416 g/mol. The van der Waals surface area contributed by atoms with Crippen LogP contribution in [0.2, 0.25) is 5.02 Å². The summed E-state index contributed by atoms with van der Waals surface area (Å²) >= 11 is 5.98. The van der Waals surface area contributed by atoms with Crippen LogP contribution in [0.5, 0.6) is 17.2 Å². The molecule has 6 nitrogen and oxygen atoms in total. The van der Waals surface area contributed by atoms with Crippen LogP contribution >= 0.6 is 11.6 Å². The van der Waals surface area contributed by atoms with E-state index in [0.29, 0.717) is 28.9 Å². The van der Waals surface area contributed by atoms with Crippen molar-refractivity contribution in [3.8, 4) is 17.2 Å². The first-order chi connectivity index (χ1) is 15.0. The molecule has 1 aliphatic carbocycles. The second kappa shape index (κ2) is 10.7. The van der Waals surface area contributed by atoms with Crippen molar-refractivity contribution < 1.29 is 19.0 Å². The zero-order valence-corrected chi connectivity index (χ0v) is 19.4. The first-order valence-corrected chi connectivity index (χ1v) is 10.9. The number of halogens is 1. The summed E-state index contributed by atoms with van der Waals surface area (Å²) in [6.45, 7) is 0.919. The van der Waals surface area contributed by atoms with Gasteiger partial charge >= 0.3 is 0 Å². The van der Waals surface area contributed by atoms with Crippen molar-refractivity contribution in [1.82, 2.24) is 10.2 Å². The molecule has 0 aromatic heterocycles. The normalized spacial score (nSPS) is 18.1. The Hall–Kier alpha value is -2.44. The Morgan fingerprint density at radius 2 is 1.71 bits per heavy atom. The average Bonchev–Trinajstić information content (AvgIpc) is 3.25. The molecule has 3 rings (SSSR count). The predicted octanol–water partition coefficient (Wildman–Crippen LogP) is 4.19. The minimum Gasteiger partial charge on any atom is -0.493 e. The quantitative estimate of drug-likeness (QED) is 0.625. The molecule has 168 valence electrons. The van der Waals surface area contributed by atoms with Gasteiger partial charge in [-0.25, -0.2) is 0 Å². The number of benzene rings is 2. The summed E-state index contributed by atoms with van der Waals surface area (Å²) in [6, 6.07) is 11.7. The molecule has 2 atom stereocenters. The molecule has 0 spiro atoms. The molecule has 0 unspecified atom stereocenters. The summed E-state index contributed by atoms with van der Waals surface area (Å²) in [4.78, 5) is 15.4. The molecule has 1 fully saturated rings. The summed E-state index contributed by atoms with van der Waals surface area (Å²) in [5, 5.41) is 3.97. The number of methoxy groups -OCH3 is 3. The lowest BCUT2D eigenvalue weighted by atomic mass is 10.1. The van der Waals surface area contributed by atoms with Gasteiger partial charge in [-0.2, -0.15) is 0 Å². The van der Waals surface area contributed by atoms with Crippen molar-refractivity contribution >= 4 is 17.5 Å². The standard InChI is InChI=1S/C24H31ClN2O4/c1-27(13-12-16-8-10-18(25)11-9-16)20-7-5-6-19(20)26-24(28)17-14-21(29-2)23(31-4)22(15-17)30-3/h8-11,14-15,19-20H,5-7,12-13H2,1-4H3,(H,26,28)/t19-,20-/m1/s1. The third kappa shape index (κ3) is 5.63. The maximum Gasteiger partial charge on any atom is 0.251 e. The largest absolute Gasteiger partial charge is 0.493 e. The Labute approximate surface area is 189 Å². The number of hydrogen-bond donors (Lipinski definition) is 1. The Bertz CT molecular complexity index is 863. The van der Waals surface area contributed by atoms with Gasteiger partial charge in [-0.1, -0.05) is 23.7 Å². The van der Waals surface area contributed by atoms with Gasteiger partial charge in [-0.15, -0.1) is 0 Å². The smallest absolute Gasteiger partial charge is 0.251 e. The highest BCUT2D eigenvalue weighted by Crippen LogP contribution is 2.38. The van der Waals surface area contributed by atoms with Gasteiger partial charge in [-0.3, -0.25) is 4.79 Å². The van der Waals surface area contributed by atoms with E-state index in [1.165, 1.54) is 5.56 Å². The number of carbonyl (C=O) groups excluding carboxylic acids is 1. The van der Waals surface area contributed by atoms with Crippen LogP contribution in [0.4, 0.5) is 0 Å². The van der Waals surface area contributed by atoms with Crippen LogP contribution in [-0.4, -0.2) is 57.8 Å². The van der Waals surface area contributed by atoms with Gasteiger partial charge in [0, 0.05) is 29.2 Å². The number of rotatable bonds is 9. The molecule has 1 aliphatic rings. The van der Waals surface area contributed by atoms with E-state index >= 15 is 0 Å². The minimum absolute atomic E-state index is 0.0989. The maximum atomic E-state index is 13.0. The summed E-state index contributed by atoms with van der Waals surface area (Å²) in [5.41, 5.74) is 1.75. The van der Waals surface area contributed by atoms with E-state index in [1.54, 1.807) is 33.5 Å². The lowest BCUT2D eigenvalue weighted by Crippen LogP contribution is -2.47. The number of likely N-dealkylation sites (N-methyl/N-ethyl adjacent to an activating group) is 1. The molecule has 7 heteroatoms. The van der Waals surface area contributed by atoms with Crippen LogP contribution in [0.15, 0.2) is 36.4 Å². The van der Waals surface area contributed by atoms with Gasteiger partial charge < -0.3 is 24.4 Å². The third-order valence-corrected chi connectivity index (χ3v) is 6.21. The van der Waals surface area contributed by atoms with E-state index in [4.69, 9.17) is 25.8 Å². The fraction of sp³-hybridized carbons (Fsp3) is 0.458. The number of amides is 1. The van der Waals surface area contributed by atoms with Gasteiger partial charge in [0.05, 0.1) is 21.3 Å². The molecule has 0 aliphatic heterocycles. The van der Waals surface area contributed by atoms with Crippen molar-refractivity contribution in [2.75, 3.05) is 34.9 Å². The third-order valence-electron chi connectivity index (χ3n) is 5.96. The second-order valence-corrected chi connectivity index (χ2v) is 8.29. The monoisotopic (exact) mass is 446 g/mol. The Morgan fingerprint density at radius 3 is 2.29 bits per heavy atom. The molecule has 1 saturated carbocycles. The SMILES string of the molecule is COc1cc(C(=O)N[C@@H]2CCC[C@H]2N(C)CCc2ccc(Cl)cc2)cc(OC)c1OC. The van der Waals surface area contributed by atoms with Gasteiger partial charge in [0.2, 0.25) is 5.75 Å². The highest BCUT2D eigenvalue weighted by Gasteiger charge is 2.32. The number of ether oxygens (including phenoxy) is 3. The van der Waals surface area contributed by atoms with Crippen molar-refractivity contribution in [3.05, 3.63) is 52.5 Å². The van der Waals surface area contributed by atoms with Crippen molar-refractivity contribution in [1.29, 1.82) is 0 Å². The molecule has 31 heavy (non-hydrogen) atoms. The van der Waals surface area contributed by atoms with Gasteiger partial charge in [0.25, 0.3) is 5.91 Å². The molecule has 2 aromatic rings. The van der Waals surface area contributed by atoms with E-state index in [-0.39, 0.29) is 11.9 Å². The predicted molar refractivity (Wildman–Crippen MR) is 123 cm³/mol. The molecule has 0 bridgehead atoms. The van der Waals surface area contributed by atoms with Crippen LogP contribution in [0.25, 0.3) is 0 Å². The molecule has 1 amide bonds. The maximum absolute atomic E-state index is 13.0. The Balaban J connectivity index is 1.65. The number of nitrogens with one attached hydrogen (secondary N) is 1. The number of hydrogen-bond acceptors (Lipinski definition) is 5. The molecular formula is C24H31ClN2O4. The summed E-state index contributed by atoms with van der Waals surface area (Å²) in [7, 11) is 6.76. The van der Waals surface area contributed by atoms with E-state index in [9.17, 15) is 4.79 Å². The summed E-state index contributed by atoms with van der Waals surface area (Å²) < 4.78 is 16.1. The molecule has 0 saturated heterocycles. The average molecular weight is 447 g/mol. The van der Waals surface area contributed by atoms with Crippen LogP contribution in [0.3, 0.4) is 0 Å². The topological polar surface area (TPSA) is 60.0 Å². The van der Waals surface area contributed by atoms with Crippen molar-refractivity contribution in [2.45, 2.75) is 37.8 Å². The molecule has 0 heterocycles. The fourth-order valence-corrected chi connectivity index (χ4v) is 4.35. The Morgan fingerprint density at radius 1 is 1.06 bits per heavy atom. The fourth-order valence-electron chi connectivity index (χ4n) is 4.22. The van der Waals surface area contributed by atoms with Crippen molar-refractivity contribution in [3.63, 3.8) is 0 Å². The lowest BCUT2D eigenvalue weighted by Gasteiger charge is -2.30. The zero-order valence-electron chi connectivity index (χ0n) is 18.6. The van der Waals surface area contributed by atoms with E-state index < -0.39 is 0 Å². The van der Waals surface area contributed by atoms with Crippen LogP contribution in [0, 0.1) is 0 Å². The first kappa shape index (κ1) is 23.2. The highest BCUT2D eigenvalue weighted by atomic mass is 35.5. The first-order valence-electron chi connectivity index (χ1n) is 10.5. The van der Waals surface area contributed by atoms with Gasteiger partial charge in [-0.05, 0) is 62.6 Å². The van der Waals surface area contributed by atoms with Crippen LogP contribution in [-0.2, 0) is 6.42 Å². The van der Waals surface area contributed by atoms with Crippen LogP contribution in [0.1, 0.15) is 35.2 Å². The molecule has 1 N–H and O–H groups in total. The summed E-state index contributed by atoms with van der Waals surface area (Å²) in [5.74, 6) is 1.27. The van der Waals surface area contributed by atoms with E-state index in [0.717, 1.165) is 37.3 Å². The summed E-state index contributed by atoms with van der Waals surface area (Å²) in [6.07, 6.45) is 4.07. The zero-order chi connectivity index (χ0) is 22.4. The number of nitrogens with zero attached hydrogens (tertiary/aromatic N) is 1. The van der Waals surface area contributed by atoms with Crippen LogP contribution < -0.4 is 19.5 Å². The molecule has 2 aromatic carbocycles. The van der Waals surface area contributed by atoms with Gasteiger partial charge in [0.15, 0.2) is 11.5 Å². The van der Waals surface area contributed by atoms with Crippen molar-refractivity contribution in [2.24, 2.45) is 0 Å². The minimum atomic E-state index is -0.137.